The lowest BCUT2D eigenvalue weighted by Crippen LogP contribution is -2.23. The second kappa shape index (κ2) is 6.55. The summed E-state index contributed by atoms with van der Waals surface area (Å²) in [5.74, 6) is 0.951. The van der Waals surface area contributed by atoms with Crippen molar-refractivity contribution in [2.45, 2.75) is 19.4 Å². The molecule has 0 bridgehead atoms. The molecule has 1 unspecified atom stereocenters. The number of hydrogen-bond donors (Lipinski definition) is 1. The molecule has 0 aliphatic rings. The molecule has 0 spiro atoms. The lowest BCUT2D eigenvalue weighted by Gasteiger charge is -2.17. The number of rotatable bonds is 5. The first kappa shape index (κ1) is 13.8. The Hall–Kier alpha value is -0.580. The summed E-state index contributed by atoms with van der Waals surface area (Å²) in [5, 5.41) is 3.46. The van der Waals surface area contributed by atoms with E-state index in [0.29, 0.717) is 0 Å². The Bertz CT molecular complexity index is 510. The Balaban J connectivity index is 2.22. The van der Waals surface area contributed by atoms with E-state index in [2.05, 4.69) is 62.3 Å². The van der Waals surface area contributed by atoms with E-state index in [0.717, 1.165) is 27.7 Å². The zero-order chi connectivity index (χ0) is 13.0. The molecule has 0 radical (unpaired) electrons. The first-order valence-electron chi connectivity index (χ1n) is 5.92. The molecule has 2 rings (SSSR count). The molecular weight excluding hydrogens is 358 g/mol. The van der Waals surface area contributed by atoms with E-state index in [-0.39, 0.29) is 6.04 Å². The second-order valence-electron chi connectivity index (χ2n) is 4.04. The minimum Gasteiger partial charge on any atom is -0.466 e. The molecule has 0 saturated carbocycles. The number of likely N-dealkylation sites (N-methyl/N-ethyl adjacent to an activating group) is 1. The highest BCUT2D eigenvalue weighted by Gasteiger charge is 2.18. The van der Waals surface area contributed by atoms with Crippen LogP contribution in [0.1, 0.15) is 24.3 Å². The lowest BCUT2D eigenvalue weighted by molar-refractivity contribution is 0.414. The highest BCUT2D eigenvalue weighted by atomic mass is 79.9. The molecule has 0 amide bonds. The van der Waals surface area contributed by atoms with Gasteiger partial charge in [-0.15, -0.1) is 0 Å². The number of benzene rings is 1. The third-order valence-electron chi connectivity index (χ3n) is 2.79. The van der Waals surface area contributed by atoms with Crippen LogP contribution in [-0.4, -0.2) is 6.54 Å². The van der Waals surface area contributed by atoms with Crippen LogP contribution in [0.3, 0.4) is 0 Å². The minimum absolute atomic E-state index is 0.179. The molecule has 2 nitrogen and oxygen atoms in total. The summed E-state index contributed by atoms with van der Waals surface area (Å²) in [6.45, 7) is 3.01. The van der Waals surface area contributed by atoms with Crippen LogP contribution in [-0.2, 0) is 6.42 Å². The van der Waals surface area contributed by atoms with Gasteiger partial charge in [-0.05, 0) is 46.6 Å². The summed E-state index contributed by atoms with van der Waals surface area (Å²) in [4.78, 5) is 0. The Morgan fingerprint density at radius 1 is 1.17 bits per heavy atom. The van der Waals surface area contributed by atoms with E-state index in [1.807, 2.05) is 12.1 Å². The number of halogens is 2. The SMILES string of the molecule is CCNC(Cc1ccccc1Br)c1occc1Br. The van der Waals surface area contributed by atoms with E-state index < -0.39 is 0 Å². The van der Waals surface area contributed by atoms with E-state index in [9.17, 15) is 0 Å². The molecule has 0 saturated heterocycles. The van der Waals surface area contributed by atoms with Gasteiger partial charge in [-0.3, -0.25) is 0 Å². The van der Waals surface area contributed by atoms with Crippen molar-refractivity contribution < 1.29 is 4.42 Å². The molecule has 18 heavy (non-hydrogen) atoms. The standard InChI is InChI=1S/C14H15Br2NO/c1-2-17-13(14-12(16)7-8-18-14)9-10-5-3-4-6-11(10)15/h3-8,13,17H,2,9H2,1H3. The predicted molar refractivity (Wildman–Crippen MR) is 80.7 cm³/mol. The topological polar surface area (TPSA) is 25.2 Å². The van der Waals surface area contributed by atoms with E-state index >= 15 is 0 Å². The van der Waals surface area contributed by atoms with Crippen molar-refractivity contribution in [1.82, 2.24) is 5.32 Å². The fourth-order valence-corrected chi connectivity index (χ4v) is 2.87. The number of furan rings is 1. The highest BCUT2D eigenvalue weighted by Crippen LogP contribution is 2.29. The van der Waals surface area contributed by atoms with Crippen molar-refractivity contribution >= 4 is 31.9 Å². The van der Waals surface area contributed by atoms with Gasteiger partial charge in [-0.25, -0.2) is 0 Å². The first-order valence-corrected chi connectivity index (χ1v) is 7.50. The largest absolute Gasteiger partial charge is 0.466 e. The molecule has 0 fully saturated rings. The molecule has 4 heteroatoms. The molecule has 2 aromatic rings. The van der Waals surface area contributed by atoms with Gasteiger partial charge in [0, 0.05) is 4.47 Å². The molecule has 0 aliphatic carbocycles. The van der Waals surface area contributed by atoms with Gasteiger partial charge in [0.25, 0.3) is 0 Å². The van der Waals surface area contributed by atoms with Crippen molar-refractivity contribution in [1.29, 1.82) is 0 Å². The molecule has 1 aromatic heterocycles. The molecule has 96 valence electrons. The first-order chi connectivity index (χ1) is 8.72. The Morgan fingerprint density at radius 3 is 2.56 bits per heavy atom. The summed E-state index contributed by atoms with van der Waals surface area (Å²) in [7, 11) is 0. The average molecular weight is 373 g/mol. The number of nitrogens with one attached hydrogen (secondary N) is 1. The fraction of sp³-hybridized carbons (Fsp3) is 0.286. The van der Waals surface area contributed by atoms with Crippen molar-refractivity contribution in [3.05, 3.63) is 56.9 Å². The molecule has 1 aromatic carbocycles. The molecular formula is C14H15Br2NO. The molecule has 1 heterocycles. The zero-order valence-electron chi connectivity index (χ0n) is 10.1. The molecule has 1 N–H and O–H groups in total. The zero-order valence-corrected chi connectivity index (χ0v) is 13.3. The average Bonchev–Trinajstić information content (AvgIpc) is 2.78. The lowest BCUT2D eigenvalue weighted by atomic mass is 10.0. The maximum absolute atomic E-state index is 5.57. The van der Waals surface area contributed by atoms with E-state index in [4.69, 9.17) is 4.42 Å². The van der Waals surface area contributed by atoms with E-state index in [1.54, 1.807) is 6.26 Å². The quantitative estimate of drug-likeness (QED) is 0.822. The van der Waals surface area contributed by atoms with Gasteiger partial charge in [0.2, 0.25) is 0 Å². The van der Waals surface area contributed by atoms with Crippen LogP contribution in [0, 0.1) is 0 Å². The maximum atomic E-state index is 5.57. The summed E-state index contributed by atoms with van der Waals surface area (Å²) >= 11 is 7.11. The van der Waals surface area contributed by atoms with Crippen LogP contribution in [0.2, 0.25) is 0 Å². The summed E-state index contributed by atoms with van der Waals surface area (Å²) in [6, 6.07) is 10.4. The highest BCUT2D eigenvalue weighted by molar-refractivity contribution is 9.10. The maximum Gasteiger partial charge on any atom is 0.135 e. The molecule has 1 atom stereocenters. The minimum atomic E-state index is 0.179. The third-order valence-corrected chi connectivity index (χ3v) is 4.22. The Morgan fingerprint density at radius 2 is 1.94 bits per heavy atom. The van der Waals surface area contributed by atoms with Crippen LogP contribution in [0.5, 0.6) is 0 Å². The Labute approximate surface area is 124 Å². The van der Waals surface area contributed by atoms with Crippen molar-refractivity contribution in [3.63, 3.8) is 0 Å². The van der Waals surface area contributed by atoms with Gasteiger partial charge in [0.1, 0.15) is 5.76 Å². The predicted octanol–water partition coefficient (Wildman–Crippen LogP) is 4.70. The fourth-order valence-electron chi connectivity index (χ4n) is 1.94. The van der Waals surface area contributed by atoms with Gasteiger partial charge in [0.15, 0.2) is 0 Å². The van der Waals surface area contributed by atoms with Crippen molar-refractivity contribution in [2.75, 3.05) is 6.54 Å². The van der Waals surface area contributed by atoms with Crippen molar-refractivity contribution in [2.24, 2.45) is 0 Å². The number of hydrogen-bond acceptors (Lipinski definition) is 2. The monoisotopic (exact) mass is 371 g/mol. The van der Waals surface area contributed by atoms with Gasteiger partial charge in [-0.2, -0.15) is 0 Å². The van der Waals surface area contributed by atoms with Gasteiger partial charge in [-0.1, -0.05) is 41.1 Å². The van der Waals surface area contributed by atoms with E-state index in [1.165, 1.54) is 5.56 Å². The summed E-state index contributed by atoms with van der Waals surface area (Å²) < 4.78 is 7.72. The smallest absolute Gasteiger partial charge is 0.135 e. The Kier molecular flexibility index (Phi) is 5.03. The summed E-state index contributed by atoms with van der Waals surface area (Å²) in [6.07, 6.45) is 2.60. The van der Waals surface area contributed by atoms with Gasteiger partial charge < -0.3 is 9.73 Å². The van der Waals surface area contributed by atoms with Crippen LogP contribution in [0.4, 0.5) is 0 Å². The normalized spacial score (nSPS) is 12.6. The van der Waals surface area contributed by atoms with Crippen LogP contribution < -0.4 is 5.32 Å². The van der Waals surface area contributed by atoms with Crippen molar-refractivity contribution in [3.8, 4) is 0 Å². The van der Waals surface area contributed by atoms with Gasteiger partial charge in [0.05, 0.1) is 16.8 Å². The van der Waals surface area contributed by atoms with Crippen LogP contribution >= 0.6 is 31.9 Å². The summed E-state index contributed by atoms with van der Waals surface area (Å²) in [5.41, 5.74) is 1.27. The third kappa shape index (κ3) is 3.25. The van der Waals surface area contributed by atoms with Crippen LogP contribution in [0.15, 0.2) is 50.0 Å². The second-order valence-corrected chi connectivity index (χ2v) is 5.75. The van der Waals surface area contributed by atoms with Crippen LogP contribution in [0.25, 0.3) is 0 Å². The molecule has 0 aliphatic heterocycles. The van der Waals surface area contributed by atoms with Gasteiger partial charge >= 0.3 is 0 Å².